The Labute approximate surface area is 160 Å². The van der Waals surface area contributed by atoms with Crippen LogP contribution in [0.25, 0.3) is 0 Å². The van der Waals surface area contributed by atoms with Gasteiger partial charge >= 0.3 is 6.09 Å². The van der Waals surface area contributed by atoms with Crippen LogP contribution in [0, 0.1) is 5.41 Å². The highest BCUT2D eigenvalue weighted by Crippen LogP contribution is 2.47. The van der Waals surface area contributed by atoms with E-state index in [1.165, 1.54) is 0 Å². The quantitative estimate of drug-likeness (QED) is 0.899. The molecule has 0 radical (unpaired) electrons. The molecule has 2 heterocycles. The Hall–Kier alpha value is -2.82. The maximum atomic E-state index is 12.6. The summed E-state index contributed by atoms with van der Waals surface area (Å²) < 4.78 is 5.26. The maximum absolute atomic E-state index is 12.6. The molecule has 27 heavy (non-hydrogen) atoms. The van der Waals surface area contributed by atoms with Gasteiger partial charge in [0.2, 0.25) is 0 Å². The van der Waals surface area contributed by atoms with Crippen LogP contribution in [0.4, 0.5) is 10.5 Å². The first kappa shape index (κ1) is 17.6. The van der Waals surface area contributed by atoms with Crippen LogP contribution < -0.4 is 10.2 Å². The van der Waals surface area contributed by atoms with Crippen molar-refractivity contribution in [2.75, 3.05) is 24.6 Å². The Morgan fingerprint density at radius 2 is 1.85 bits per heavy atom. The molecule has 0 saturated carbocycles. The molecule has 1 N–H and O–H groups in total. The third kappa shape index (κ3) is 2.78. The van der Waals surface area contributed by atoms with Crippen LogP contribution in [0.3, 0.4) is 0 Å². The van der Waals surface area contributed by atoms with Crippen molar-refractivity contribution in [1.29, 1.82) is 0 Å². The van der Waals surface area contributed by atoms with Crippen LogP contribution in [0.2, 0.25) is 0 Å². The average Bonchev–Trinajstić information content (AvgIpc) is 2.92. The fraction of sp³-hybridized carbons (Fsp3) is 0.364. The molecular formula is C22H25N3O2. The minimum absolute atomic E-state index is 0.0628. The standard InChI is InChI=1S/C22H25N3O2/c1-4-27-20(26)24-22(16-10-6-5-7-11-16)17-12-8-9-13-18(17)25-15-21(2,3)14-23-19(22)25/h5-13H,4,14-15H2,1-3H3,(H,24,26). The van der Waals surface area contributed by atoms with Crippen LogP contribution in [0.15, 0.2) is 59.6 Å². The molecule has 0 aromatic heterocycles. The highest BCUT2D eigenvalue weighted by molar-refractivity contribution is 6.15. The summed E-state index contributed by atoms with van der Waals surface area (Å²) in [6.45, 7) is 8.13. The smallest absolute Gasteiger partial charge is 0.408 e. The summed E-state index contributed by atoms with van der Waals surface area (Å²) >= 11 is 0. The first-order valence-electron chi connectivity index (χ1n) is 9.40. The van der Waals surface area contributed by atoms with Crippen LogP contribution in [0.5, 0.6) is 0 Å². The Morgan fingerprint density at radius 3 is 2.59 bits per heavy atom. The second-order valence-corrected chi connectivity index (χ2v) is 7.87. The maximum Gasteiger partial charge on any atom is 0.408 e. The topological polar surface area (TPSA) is 53.9 Å². The number of rotatable bonds is 3. The Kier molecular flexibility index (Phi) is 4.17. The Morgan fingerprint density at radius 1 is 1.15 bits per heavy atom. The van der Waals surface area contributed by atoms with Gasteiger partial charge < -0.3 is 15.0 Å². The molecule has 0 bridgehead atoms. The third-order valence-electron chi connectivity index (χ3n) is 5.20. The minimum atomic E-state index is -0.847. The van der Waals surface area contributed by atoms with Crippen molar-refractivity contribution in [2.24, 2.45) is 10.4 Å². The lowest BCUT2D eigenvalue weighted by atomic mass is 9.82. The second-order valence-electron chi connectivity index (χ2n) is 7.87. The number of anilines is 1. The lowest BCUT2D eigenvalue weighted by molar-refractivity contribution is 0.147. The van der Waals surface area contributed by atoms with Crippen molar-refractivity contribution < 1.29 is 9.53 Å². The minimum Gasteiger partial charge on any atom is -0.450 e. The van der Waals surface area contributed by atoms with Gasteiger partial charge in [-0.05, 0) is 18.6 Å². The predicted molar refractivity (Wildman–Crippen MR) is 107 cm³/mol. The normalized spacial score (nSPS) is 22.5. The van der Waals surface area contributed by atoms with Crippen LogP contribution in [-0.4, -0.2) is 31.6 Å². The summed E-state index contributed by atoms with van der Waals surface area (Å²) in [6.07, 6.45) is -0.439. The number of aliphatic imine (C=N–C) groups is 1. The molecule has 140 valence electrons. The van der Waals surface area contributed by atoms with E-state index in [0.29, 0.717) is 13.2 Å². The number of fused-ring (bicyclic) bond motifs is 3. The van der Waals surface area contributed by atoms with Gasteiger partial charge in [0.05, 0.1) is 6.61 Å². The van der Waals surface area contributed by atoms with Crippen molar-refractivity contribution in [2.45, 2.75) is 26.3 Å². The van der Waals surface area contributed by atoms with Crippen molar-refractivity contribution in [3.8, 4) is 0 Å². The average molecular weight is 363 g/mol. The van der Waals surface area contributed by atoms with E-state index in [-0.39, 0.29) is 5.41 Å². The van der Waals surface area contributed by atoms with E-state index in [1.807, 2.05) is 49.4 Å². The van der Waals surface area contributed by atoms with Gasteiger partial charge in [-0.25, -0.2) is 4.79 Å². The lowest BCUT2D eigenvalue weighted by Gasteiger charge is -2.39. The number of ether oxygens (including phenoxy) is 1. The van der Waals surface area contributed by atoms with E-state index in [1.54, 1.807) is 0 Å². The molecule has 1 atom stereocenters. The lowest BCUT2D eigenvalue weighted by Crippen LogP contribution is -2.57. The van der Waals surface area contributed by atoms with Gasteiger partial charge in [0.1, 0.15) is 5.84 Å². The molecule has 4 rings (SSSR count). The molecule has 5 nitrogen and oxygen atoms in total. The van der Waals surface area contributed by atoms with Gasteiger partial charge in [-0.15, -0.1) is 0 Å². The van der Waals surface area contributed by atoms with Gasteiger partial charge in [-0.3, -0.25) is 4.99 Å². The summed E-state index contributed by atoms with van der Waals surface area (Å²) in [5.74, 6) is 0.863. The van der Waals surface area contributed by atoms with Gasteiger partial charge in [0.15, 0.2) is 5.54 Å². The van der Waals surface area contributed by atoms with E-state index in [9.17, 15) is 4.79 Å². The van der Waals surface area contributed by atoms with E-state index in [2.05, 4.69) is 36.2 Å². The zero-order chi connectivity index (χ0) is 19.1. The molecule has 0 fully saturated rings. The summed E-state index contributed by atoms with van der Waals surface area (Å²) in [4.78, 5) is 19.8. The summed E-state index contributed by atoms with van der Waals surface area (Å²) in [6, 6.07) is 18.2. The van der Waals surface area contributed by atoms with Crippen molar-refractivity contribution in [3.63, 3.8) is 0 Å². The fourth-order valence-corrected chi connectivity index (χ4v) is 4.08. The molecular weight excluding hydrogens is 338 g/mol. The van der Waals surface area contributed by atoms with Crippen LogP contribution in [0.1, 0.15) is 31.9 Å². The number of benzene rings is 2. The molecule has 2 aliphatic heterocycles. The summed E-state index contributed by atoms with van der Waals surface area (Å²) in [5.41, 5.74) is 2.31. The number of carbonyl (C=O) groups excluding carboxylic acids is 1. The first-order valence-corrected chi connectivity index (χ1v) is 9.40. The molecule has 2 aliphatic rings. The van der Waals surface area contributed by atoms with Gasteiger partial charge in [0, 0.05) is 29.8 Å². The number of carbonyl (C=O) groups is 1. The highest BCUT2D eigenvalue weighted by atomic mass is 16.5. The highest BCUT2D eigenvalue weighted by Gasteiger charge is 2.53. The fourth-order valence-electron chi connectivity index (χ4n) is 4.08. The van der Waals surface area contributed by atoms with Crippen molar-refractivity contribution in [1.82, 2.24) is 5.32 Å². The van der Waals surface area contributed by atoms with Gasteiger partial charge in [0.25, 0.3) is 0 Å². The summed E-state index contributed by atoms with van der Waals surface area (Å²) in [7, 11) is 0. The van der Waals surface area contributed by atoms with Gasteiger partial charge in [-0.2, -0.15) is 0 Å². The molecule has 5 heteroatoms. The number of alkyl carbamates (subject to hydrolysis) is 1. The molecule has 0 saturated heterocycles. The van der Waals surface area contributed by atoms with Crippen molar-refractivity contribution in [3.05, 3.63) is 65.7 Å². The van der Waals surface area contributed by atoms with Gasteiger partial charge in [-0.1, -0.05) is 62.4 Å². The zero-order valence-corrected chi connectivity index (χ0v) is 16.0. The monoisotopic (exact) mass is 363 g/mol. The molecule has 2 aromatic rings. The van der Waals surface area contributed by atoms with E-state index in [0.717, 1.165) is 29.2 Å². The number of para-hydroxylation sites is 1. The zero-order valence-electron chi connectivity index (χ0n) is 16.0. The third-order valence-corrected chi connectivity index (χ3v) is 5.20. The Bertz CT molecular complexity index is 891. The van der Waals surface area contributed by atoms with E-state index < -0.39 is 11.6 Å². The van der Waals surface area contributed by atoms with Crippen molar-refractivity contribution >= 4 is 17.6 Å². The molecule has 1 amide bonds. The predicted octanol–water partition coefficient (Wildman–Crippen LogP) is 3.93. The number of nitrogens with zero attached hydrogens (tertiary/aromatic N) is 2. The summed E-state index contributed by atoms with van der Waals surface area (Å²) in [5, 5.41) is 3.16. The largest absolute Gasteiger partial charge is 0.450 e. The Balaban J connectivity index is 1.96. The molecule has 0 aliphatic carbocycles. The number of nitrogens with one attached hydrogen (secondary N) is 1. The SMILES string of the molecule is CCOC(=O)NC1(c2ccccc2)C2=NCC(C)(C)CN2c2ccccc21. The second kappa shape index (κ2) is 6.41. The number of hydrogen-bond acceptors (Lipinski definition) is 4. The number of amidine groups is 1. The first-order chi connectivity index (χ1) is 13.0. The number of amides is 1. The molecule has 2 aromatic carbocycles. The molecule has 0 spiro atoms. The van der Waals surface area contributed by atoms with Crippen LogP contribution >= 0.6 is 0 Å². The number of hydrogen-bond donors (Lipinski definition) is 1. The van der Waals surface area contributed by atoms with E-state index in [4.69, 9.17) is 9.73 Å². The molecule has 1 unspecified atom stereocenters. The van der Waals surface area contributed by atoms with Crippen LogP contribution in [-0.2, 0) is 10.3 Å². The van der Waals surface area contributed by atoms with E-state index >= 15 is 0 Å².